The molecule has 0 aliphatic carbocycles. The van der Waals surface area contributed by atoms with Crippen LogP contribution in [0, 0.1) is 20.8 Å². The van der Waals surface area contributed by atoms with Crippen LogP contribution in [0.3, 0.4) is 0 Å². The number of carbonyl (C=O) groups excluding carboxylic acids is 1. The fraction of sp³-hybridized carbons (Fsp3) is 0.286. The lowest BCUT2D eigenvalue weighted by Gasteiger charge is -2.07. The summed E-state index contributed by atoms with van der Waals surface area (Å²) in [4.78, 5) is 12.2. The Balaban J connectivity index is 1.60. The topological polar surface area (TPSA) is 77.2 Å². The molecule has 0 aliphatic rings. The van der Waals surface area contributed by atoms with Gasteiger partial charge in [-0.2, -0.15) is 0 Å². The third kappa shape index (κ3) is 4.73. The van der Waals surface area contributed by atoms with Crippen LogP contribution in [0.25, 0.3) is 0 Å². The molecule has 0 saturated heterocycles. The Hall–Kier alpha value is -3.15. The lowest BCUT2D eigenvalue weighted by molar-refractivity contribution is -0.115. The molecule has 0 unspecified atom stereocenters. The van der Waals surface area contributed by atoms with Crippen molar-refractivity contribution >= 4 is 11.9 Å². The van der Waals surface area contributed by atoms with Gasteiger partial charge >= 0.3 is 6.01 Å². The molecule has 140 valence electrons. The molecule has 0 saturated carbocycles. The van der Waals surface area contributed by atoms with Crippen LogP contribution in [0.15, 0.2) is 40.8 Å². The molecule has 3 aromatic rings. The molecule has 1 amide bonds. The second kappa shape index (κ2) is 8.03. The highest BCUT2D eigenvalue weighted by molar-refractivity contribution is 5.90. The van der Waals surface area contributed by atoms with Gasteiger partial charge in [-0.15, -0.1) is 5.10 Å². The van der Waals surface area contributed by atoms with E-state index in [1.54, 1.807) is 7.11 Å². The highest BCUT2D eigenvalue weighted by Crippen LogP contribution is 2.19. The van der Waals surface area contributed by atoms with Gasteiger partial charge in [0.15, 0.2) is 0 Å². The first kappa shape index (κ1) is 18.6. The zero-order valence-electron chi connectivity index (χ0n) is 16.0. The van der Waals surface area contributed by atoms with Gasteiger partial charge in [0.25, 0.3) is 0 Å². The highest BCUT2D eigenvalue weighted by atomic mass is 16.5. The van der Waals surface area contributed by atoms with Gasteiger partial charge in [0, 0.05) is 0 Å². The molecule has 0 aliphatic heterocycles. The average molecular weight is 365 g/mol. The normalized spacial score (nSPS) is 10.7. The van der Waals surface area contributed by atoms with Crippen molar-refractivity contribution < 1.29 is 13.9 Å². The van der Waals surface area contributed by atoms with E-state index in [1.165, 1.54) is 11.1 Å². The van der Waals surface area contributed by atoms with E-state index >= 15 is 0 Å². The number of carbonyl (C=O) groups is 1. The van der Waals surface area contributed by atoms with E-state index in [4.69, 9.17) is 9.15 Å². The van der Waals surface area contributed by atoms with Crippen molar-refractivity contribution in [2.45, 2.75) is 33.6 Å². The van der Waals surface area contributed by atoms with Gasteiger partial charge < -0.3 is 9.15 Å². The summed E-state index contributed by atoms with van der Waals surface area (Å²) in [5.74, 6) is 1.06. The molecule has 0 atom stereocenters. The number of anilines is 1. The van der Waals surface area contributed by atoms with Gasteiger partial charge in [0.05, 0.1) is 20.0 Å². The number of nitrogens with zero attached hydrogens (tertiary/aromatic N) is 2. The lowest BCUT2D eigenvalue weighted by Crippen LogP contribution is -2.14. The molecular weight excluding hydrogens is 342 g/mol. The summed E-state index contributed by atoms with van der Waals surface area (Å²) in [7, 11) is 1.62. The Morgan fingerprint density at radius 1 is 1.00 bits per heavy atom. The van der Waals surface area contributed by atoms with Crippen molar-refractivity contribution in [3.8, 4) is 5.75 Å². The van der Waals surface area contributed by atoms with Crippen molar-refractivity contribution in [1.29, 1.82) is 0 Å². The third-order valence-electron chi connectivity index (χ3n) is 4.46. The van der Waals surface area contributed by atoms with Crippen molar-refractivity contribution in [1.82, 2.24) is 10.2 Å². The second-order valence-corrected chi connectivity index (χ2v) is 6.63. The van der Waals surface area contributed by atoms with Crippen LogP contribution in [0.1, 0.15) is 33.7 Å². The zero-order valence-corrected chi connectivity index (χ0v) is 16.0. The first-order valence-electron chi connectivity index (χ1n) is 8.76. The summed E-state index contributed by atoms with van der Waals surface area (Å²) < 4.78 is 10.8. The van der Waals surface area contributed by atoms with Gasteiger partial charge in [-0.1, -0.05) is 35.4 Å². The minimum Gasteiger partial charge on any atom is -0.496 e. The van der Waals surface area contributed by atoms with Crippen LogP contribution in [0.4, 0.5) is 6.01 Å². The smallest absolute Gasteiger partial charge is 0.322 e. The first-order valence-corrected chi connectivity index (χ1v) is 8.76. The lowest BCUT2D eigenvalue weighted by atomic mass is 10.0. The Labute approximate surface area is 158 Å². The largest absolute Gasteiger partial charge is 0.496 e. The van der Waals surface area contributed by atoms with Gasteiger partial charge in [-0.25, -0.2) is 0 Å². The third-order valence-corrected chi connectivity index (χ3v) is 4.46. The molecule has 3 rings (SSSR count). The number of aryl methyl sites for hydroxylation is 3. The van der Waals surface area contributed by atoms with E-state index in [0.717, 1.165) is 22.4 Å². The fourth-order valence-electron chi connectivity index (χ4n) is 2.86. The fourth-order valence-corrected chi connectivity index (χ4v) is 2.86. The van der Waals surface area contributed by atoms with Crippen molar-refractivity contribution in [2.75, 3.05) is 12.4 Å². The Morgan fingerprint density at radius 3 is 2.44 bits per heavy atom. The summed E-state index contributed by atoms with van der Waals surface area (Å²) in [6.07, 6.45) is 0.751. The van der Waals surface area contributed by atoms with E-state index in [9.17, 15) is 4.79 Å². The number of benzene rings is 2. The predicted octanol–water partition coefficient (Wildman–Crippen LogP) is 3.78. The molecular formula is C21H23N3O3. The Kier molecular flexibility index (Phi) is 5.54. The van der Waals surface area contributed by atoms with E-state index < -0.39 is 0 Å². The molecule has 0 fully saturated rings. The number of rotatable bonds is 6. The van der Waals surface area contributed by atoms with E-state index in [1.807, 2.05) is 31.2 Å². The standard InChI is InChI=1S/C21H23N3O3/c1-13-5-6-17(9-14(13)2)12-20-23-24-21(27-20)22-19(25)11-16-7-8-18(26-4)15(3)10-16/h5-10H,11-12H2,1-4H3,(H,22,24,25). The summed E-state index contributed by atoms with van der Waals surface area (Å²) in [6, 6.07) is 12.0. The van der Waals surface area contributed by atoms with Crippen LogP contribution >= 0.6 is 0 Å². The first-order chi connectivity index (χ1) is 12.9. The Morgan fingerprint density at radius 2 is 1.74 bits per heavy atom. The number of amides is 1. The minimum atomic E-state index is -0.207. The highest BCUT2D eigenvalue weighted by Gasteiger charge is 2.12. The number of nitrogens with one attached hydrogen (secondary N) is 1. The number of hydrogen-bond acceptors (Lipinski definition) is 5. The van der Waals surface area contributed by atoms with E-state index in [-0.39, 0.29) is 18.3 Å². The SMILES string of the molecule is COc1ccc(CC(=O)Nc2nnc(Cc3ccc(C)c(C)c3)o2)cc1C. The second-order valence-electron chi connectivity index (χ2n) is 6.63. The molecule has 0 bridgehead atoms. The number of hydrogen-bond donors (Lipinski definition) is 1. The van der Waals surface area contributed by atoms with Gasteiger partial charge in [0.1, 0.15) is 5.75 Å². The predicted molar refractivity (Wildman–Crippen MR) is 103 cm³/mol. The summed E-state index contributed by atoms with van der Waals surface area (Å²) >= 11 is 0. The minimum absolute atomic E-state index is 0.115. The van der Waals surface area contributed by atoms with Crippen molar-refractivity contribution in [2.24, 2.45) is 0 Å². The maximum Gasteiger partial charge on any atom is 0.322 e. The molecule has 1 heterocycles. The van der Waals surface area contributed by atoms with Crippen LogP contribution in [-0.4, -0.2) is 23.2 Å². The van der Waals surface area contributed by atoms with Gasteiger partial charge in [0.2, 0.25) is 11.8 Å². The molecule has 6 nitrogen and oxygen atoms in total. The van der Waals surface area contributed by atoms with Gasteiger partial charge in [-0.3, -0.25) is 10.1 Å². The van der Waals surface area contributed by atoms with Crippen LogP contribution in [-0.2, 0) is 17.6 Å². The molecule has 27 heavy (non-hydrogen) atoms. The van der Waals surface area contributed by atoms with E-state index in [2.05, 4.69) is 41.5 Å². The van der Waals surface area contributed by atoms with Crippen LogP contribution in [0.2, 0.25) is 0 Å². The van der Waals surface area contributed by atoms with Crippen LogP contribution in [0.5, 0.6) is 5.75 Å². The van der Waals surface area contributed by atoms with E-state index in [0.29, 0.717) is 12.3 Å². The maximum atomic E-state index is 12.2. The molecule has 2 aromatic carbocycles. The zero-order chi connectivity index (χ0) is 19.4. The maximum absolute atomic E-state index is 12.2. The molecule has 1 N–H and O–H groups in total. The monoisotopic (exact) mass is 365 g/mol. The molecule has 0 spiro atoms. The number of ether oxygens (including phenoxy) is 1. The van der Waals surface area contributed by atoms with Crippen LogP contribution < -0.4 is 10.1 Å². The van der Waals surface area contributed by atoms with Crippen molar-refractivity contribution in [3.05, 3.63) is 70.1 Å². The summed E-state index contributed by atoms with van der Waals surface area (Å²) in [6.45, 7) is 6.08. The molecule has 1 aromatic heterocycles. The average Bonchev–Trinajstić information content (AvgIpc) is 3.05. The Bertz CT molecular complexity index is 963. The summed E-state index contributed by atoms with van der Waals surface area (Å²) in [5.41, 5.74) is 5.42. The van der Waals surface area contributed by atoms with Gasteiger partial charge in [-0.05, 0) is 54.7 Å². The molecule has 0 radical (unpaired) electrons. The van der Waals surface area contributed by atoms with Crippen molar-refractivity contribution in [3.63, 3.8) is 0 Å². The number of aromatic nitrogens is 2. The quantitative estimate of drug-likeness (QED) is 0.719. The molecule has 6 heteroatoms. The number of methoxy groups -OCH3 is 1. The summed E-state index contributed by atoms with van der Waals surface area (Å²) in [5, 5.41) is 10.6.